The molecule has 0 amide bonds. The molecule has 3 aromatic rings. The summed E-state index contributed by atoms with van der Waals surface area (Å²) in [5.74, 6) is 0.530. The fraction of sp³-hybridized carbons (Fsp3) is 0.429. The number of hydrogen-bond donors (Lipinski definition) is 0. The Morgan fingerprint density at radius 1 is 1.03 bits per heavy atom. The van der Waals surface area contributed by atoms with Gasteiger partial charge in [0.15, 0.2) is 0 Å². The second kappa shape index (κ2) is 9.05. The van der Waals surface area contributed by atoms with E-state index in [1.54, 1.807) is 10.9 Å². The number of rotatable bonds is 7. The van der Waals surface area contributed by atoms with Crippen molar-refractivity contribution in [2.24, 2.45) is 0 Å². The molecule has 0 N–H and O–H groups in total. The second-order valence-corrected chi connectivity index (χ2v) is 10.3. The molecular weight excluding hydrogens is 412 g/mol. The third kappa shape index (κ3) is 4.97. The van der Waals surface area contributed by atoms with Crippen LogP contribution in [0.25, 0.3) is 0 Å². The monoisotopic (exact) mass is 446 g/mol. The molecule has 0 saturated carbocycles. The van der Waals surface area contributed by atoms with Crippen LogP contribution in [-0.4, -0.2) is 22.9 Å². The molecule has 1 heterocycles. The standard InChI is InChI=1S/C28H34N2O3/c1-27(2)13-14-28(3,4)24-17-20(7-12-23(24)27)19-33-22-10-8-21(9-11-22)25(18-26(31)32-5)30-16-6-15-29-30/h6-12,15-17,25H,13-14,18-19H2,1-5H3. The van der Waals surface area contributed by atoms with E-state index in [2.05, 4.69) is 51.0 Å². The number of fused-ring (bicyclic) bond motifs is 1. The average molecular weight is 447 g/mol. The van der Waals surface area contributed by atoms with Gasteiger partial charge in [0.1, 0.15) is 12.4 Å². The lowest BCUT2D eigenvalue weighted by atomic mass is 9.63. The Hall–Kier alpha value is -3.08. The molecule has 0 spiro atoms. The molecule has 33 heavy (non-hydrogen) atoms. The molecule has 174 valence electrons. The zero-order valence-electron chi connectivity index (χ0n) is 20.3. The summed E-state index contributed by atoms with van der Waals surface area (Å²) in [6.45, 7) is 9.89. The van der Waals surface area contributed by atoms with Gasteiger partial charge in [-0.2, -0.15) is 5.10 Å². The molecule has 1 unspecified atom stereocenters. The third-order valence-electron chi connectivity index (χ3n) is 7.02. The van der Waals surface area contributed by atoms with E-state index in [4.69, 9.17) is 9.47 Å². The summed E-state index contributed by atoms with van der Waals surface area (Å²) >= 11 is 0. The molecule has 0 fully saturated rings. The van der Waals surface area contributed by atoms with Gasteiger partial charge < -0.3 is 9.47 Å². The Morgan fingerprint density at radius 2 is 1.73 bits per heavy atom. The highest BCUT2D eigenvalue weighted by Crippen LogP contribution is 2.46. The summed E-state index contributed by atoms with van der Waals surface area (Å²) in [7, 11) is 1.40. The fourth-order valence-electron chi connectivity index (χ4n) is 4.75. The number of hydrogen-bond acceptors (Lipinski definition) is 4. The van der Waals surface area contributed by atoms with Crippen LogP contribution in [0, 0.1) is 0 Å². The minimum Gasteiger partial charge on any atom is -0.489 e. The van der Waals surface area contributed by atoms with E-state index in [9.17, 15) is 4.79 Å². The molecule has 1 atom stereocenters. The van der Waals surface area contributed by atoms with Crippen molar-refractivity contribution >= 4 is 5.97 Å². The smallest absolute Gasteiger partial charge is 0.308 e. The number of carbonyl (C=O) groups is 1. The van der Waals surface area contributed by atoms with Crippen LogP contribution in [0.5, 0.6) is 5.75 Å². The van der Waals surface area contributed by atoms with Gasteiger partial charge in [-0.3, -0.25) is 9.48 Å². The number of carbonyl (C=O) groups excluding carboxylic acids is 1. The van der Waals surface area contributed by atoms with Crippen LogP contribution in [0.4, 0.5) is 0 Å². The van der Waals surface area contributed by atoms with Gasteiger partial charge in [0, 0.05) is 12.4 Å². The number of esters is 1. The first kappa shape index (κ1) is 23.1. The lowest BCUT2D eigenvalue weighted by molar-refractivity contribution is -0.141. The molecule has 1 aliphatic rings. The molecule has 1 aromatic heterocycles. The maximum Gasteiger partial charge on any atom is 0.308 e. The quantitative estimate of drug-likeness (QED) is 0.420. The third-order valence-corrected chi connectivity index (χ3v) is 7.02. The van der Waals surface area contributed by atoms with Crippen molar-refractivity contribution in [3.8, 4) is 5.75 Å². The first-order valence-electron chi connectivity index (χ1n) is 11.6. The van der Waals surface area contributed by atoms with Crippen LogP contribution in [0.2, 0.25) is 0 Å². The van der Waals surface area contributed by atoms with E-state index >= 15 is 0 Å². The molecule has 1 aliphatic carbocycles. The van der Waals surface area contributed by atoms with Gasteiger partial charge in [0.05, 0.1) is 19.6 Å². The van der Waals surface area contributed by atoms with Crippen molar-refractivity contribution in [2.75, 3.05) is 7.11 Å². The maximum atomic E-state index is 11.9. The Labute approximate surface area is 196 Å². The zero-order valence-corrected chi connectivity index (χ0v) is 20.3. The molecule has 0 radical (unpaired) electrons. The molecular formula is C28H34N2O3. The average Bonchev–Trinajstić information content (AvgIpc) is 3.34. The minimum atomic E-state index is -0.269. The topological polar surface area (TPSA) is 53.4 Å². The number of methoxy groups -OCH3 is 1. The highest BCUT2D eigenvalue weighted by Gasteiger charge is 2.36. The van der Waals surface area contributed by atoms with Gasteiger partial charge in [0.25, 0.3) is 0 Å². The van der Waals surface area contributed by atoms with Crippen LogP contribution in [-0.2, 0) is 27.0 Å². The minimum absolute atomic E-state index is 0.184. The maximum absolute atomic E-state index is 11.9. The van der Waals surface area contributed by atoms with Crippen molar-refractivity contribution in [1.29, 1.82) is 0 Å². The molecule has 5 nitrogen and oxygen atoms in total. The molecule has 4 rings (SSSR count). The fourth-order valence-corrected chi connectivity index (χ4v) is 4.75. The second-order valence-electron chi connectivity index (χ2n) is 10.3. The van der Waals surface area contributed by atoms with Crippen LogP contribution in [0.15, 0.2) is 60.9 Å². The number of nitrogens with zero attached hydrogens (tertiary/aromatic N) is 2. The normalized spacial score (nSPS) is 17.1. The Bertz CT molecular complexity index is 1100. The van der Waals surface area contributed by atoms with Gasteiger partial charge >= 0.3 is 5.97 Å². The van der Waals surface area contributed by atoms with Crippen molar-refractivity contribution in [2.45, 2.75) is 70.4 Å². The van der Waals surface area contributed by atoms with Crippen molar-refractivity contribution in [3.63, 3.8) is 0 Å². The van der Waals surface area contributed by atoms with E-state index in [-0.39, 0.29) is 29.3 Å². The first-order valence-corrected chi connectivity index (χ1v) is 11.6. The van der Waals surface area contributed by atoms with Crippen molar-refractivity contribution in [3.05, 3.63) is 83.2 Å². The first-order chi connectivity index (χ1) is 15.7. The van der Waals surface area contributed by atoms with Gasteiger partial charge in [-0.05, 0) is 64.1 Å². The van der Waals surface area contributed by atoms with Crippen LogP contribution < -0.4 is 4.74 Å². The van der Waals surface area contributed by atoms with Crippen LogP contribution in [0.1, 0.15) is 75.3 Å². The number of aromatic nitrogens is 2. The summed E-state index contributed by atoms with van der Waals surface area (Å²) in [6.07, 6.45) is 6.20. The van der Waals surface area contributed by atoms with E-state index in [1.807, 2.05) is 36.5 Å². The summed E-state index contributed by atoms with van der Waals surface area (Å²) in [5.41, 5.74) is 5.47. The number of benzene rings is 2. The van der Waals surface area contributed by atoms with E-state index < -0.39 is 0 Å². The predicted octanol–water partition coefficient (Wildman–Crippen LogP) is 5.96. The SMILES string of the molecule is COC(=O)CC(c1ccc(OCc2ccc3c(c2)C(C)(C)CCC3(C)C)cc1)n1cccn1. The molecule has 2 aromatic carbocycles. The summed E-state index contributed by atoms with van der Waals surface area (Å²) in [6, 6.07) is 16.3. The van der Waals surface area contributed by atoms with Gasteiger partial charge in [-0.25, -0.2) is 0 Å². The van der Waals surface area contributed by atoms with E-state index in [0.717, 1.165) is 11.3 Å². The lowest BCUT2D eigenvalue weighted by Crippen LogP contribution is -2.33. The molecule has 0 bridgehead atoms. The van der Waals surface area contributed by atoms with Gasteiger partial charge in [-0.15, -0.1) is 0 Å². The Morgan fingerprint density at radius 3 is 2.36 bits per heavy atom. The lowest BCUT2D eigenvalue weighted by Gasteiger charge is -2.42. The number of ether oxygens (including phenoxy) is 2. The summed E-state index contributed by atoms with van der Waals surface area (Å²) in [5, 5.41) is 4.31. The summed E-state index contributed by atoms with van der Waals surface area (Å²) < 4.78 is 12.8. The summed E-state index contributed by atoms with van der Waals surface area (Å²) in [4.78, 5) is 11.9. The largest absolute Gasteiger partial charge is 0.489 e. The van der Waals surface area contributed by atoms with Crippen molar-refractivity contribution < 1.29 is 14.3 Å². The highest BCUT2D eigenvalue weighted by molar-refractivity contribution is 5.70. The van der Waals surface area contributed by atoms with Crippen LogP contribution >= 0.6 is 0 Å². The Kier molecular flexibility index (Phi) is 6.33. The molecule has 0 saturated heterocycles. The van der Waals surface area contributed by atoms with Gasteiger partial charge in [-0.1, -0.05) is 58.0 Å². The van der Waals surface area contributed by atoms with Gasteiger partial charge in [0.2, 0.25) is 0 Å². The van der Waals surface area contributed by atoms with E-state index in [1.165, 1.54) is 36.6 Å². The zero-order chi connectivity index (χ0) is 23.6. The molecule has 0 aliphatic heterocycles. The highest BCUT2D eigenvalue weighted by atomic mass is 16.5. The van der Waals surface area contributed by atoms with Crippen LogP contribution in [0.3, 0.4) is 0 Å². The molecule has 5 heteroatoms. The van der Waals surface area contributed by atoms with Crippen molar-refractivity contribution in [1.82, 2.24) is 9.78 Å². The predicted molar refractivity (Wildman–Crippen MR) is 130 cm³/mol. The Balaban J connectivity index is 1.48. The van der Waals surface area contributed by atoms with E-state index in [0.29, 0.717) is 6.61 Å².